The van der Waals surface area contributed by atoms with Crippen molar-refractivity contribution >= 4 is 34.7 Å². The summed E-state index contributed by atoms with van der Waals surface area (Å²) in [7, 11) is 0. The van der Waals surface area contributed by atoms with Crippen LogP contribution in [0.15, 0.2) is 35.8 Å². The molecule has 0 aliphatic carbocycles. The van der Waals surface area contributed by atoms with E-state index in [1.807, 2.05) is 35.7 Å². The van der Waals surface area contributed by atoms with Gasteiger partial charge in [-0.1, -0.05) is 23.7 Å². The normalized spacial score (nSPS) is 11.7. The molecule has 4 heteroatoms. The largest absolute Gasteiger partial charge is 0.398 e. The summed E-state index contributed by atoms with van der Waals surface area (Å²) in [5.41, 5.74) is 7.57. The lowest BCUT2D eigenvalue weighted by Gasteiger charge is -2.00. The first kappa shape index (κ1) is 10.2. The summed E-state index contributed by atoms with van der Waals surface area (Å²) in [5.74, 6) is 0. The van der Waals surface area contributed by atoms with Crippen LogP contribution in [0.1, 0.15) is 10.6 Å². The summed E-state index contributed by atoms with van der Waals surface area (Å²) in [4.78, 5) is 4.14. The lowest BCUT2D eigenvalue weighted by molar-refractivity contribution is 1.39. The van der Waals surface area contributed by atoms with E-state index >= 15 is 0 Å². The first-order chi connectivity index (χ1) is 7.25. The fourth-order valence-corrected chi connectivity index (χ4v) is 1.87. The molecule has 76 valence electrons. The molecule has 2 N–H and O–H groups in total. The number of halogens is 1. The second-order valence-electron chi connectivity index (χ2n) is 2.98. The maximum Gasteiger partial charge on any atom is 0.118 e. The van der Waals surface area contributed by atoms with Crippen molar-refractivity contribution < 1.29 is 0 Å². The van der Waals surface area contributed by atoms with Crippen LogP contribution < -0.4 is 5.73 Å². The summed E-state index contributed by atoms with van der Waals surface area (Å²) in [5, 5.41) is 3.53. The lowest BCUT2D eigenvalue weighted by atomic mass is 10.1. The SMILES string of the molecule is N/C(=C\c1nccs1)c1ccc(Cl)cc1. The molecule has 0 radical (unpaired) electrons. The molecule has 0 bridgehead atoms. The van der Waals surface area contributed by atoms with Crippen LogP contribution >= 0.6 is 22.9 Å². The van der Waals surface area contributed by atoms with Gasteiger partial charge in [0.2, 0.25) is 0 Å². The molecule has 2 nitrogen and oxygen atoms in total. The van der Waals surface area contributed by atoms with Gasteiger partial charge in [0.25, 0.3) is 0 Å². The molecule has 0 spiro atoms. The van der Waals surface area contributed by atoms with Crippen LogP contribution in [0.5, 0.6) is 0 Å². The van der Waals surface area contributed by atoms with Crippen LogP contribution in [0.25, 0.3) is 11.8 Å². The second-order valence-corrected chi connectivity index (χ2v) is 4.34. The highest BCUT2D eigenvalue weighted by Gasteiger charge is 1.98. The van der Waals surface area contributed by atoms with Crippen LogP contribution in [-0.4, -0.2) is 4.98 Å². The first-order valence-electron chi connectivity index (χ1n) is 4.38. The number of benzene rings is 1. The summed E-state index contributed by atoms with van der Waals surface area (Å²) < 4.78 is 0. The molecule has 0 unspecified atom stereocenters. The van der Waals surface area contributed by atoms with Crippen molar-refractivity contribution in [3.05, 3.63) is 51.4 Å². The zero-order valence-electron chi connectivity index (χ0n) is 7.85. The van der Waals surface area contributed by atoms with E-state index in [-0.39, 0.29) is 0 Å². The number of hydrogen-bond donors (Lipinski definition) is 1. The van der Waals surface area contributed by atoms with Gasteiger partial charge in [-0.15, -0.1) is 11.3 Å². The molecular formula is C11H9ClN2S. The van der Waals surface area contributed by atoms with Crippen molar-refractivity contribution in [1.82, 2.24) is 4.98 Å². The van der Waals surface area contributed by atoms with Gasteiger partial charge in [0.1, 0.15) is 5.01 Å². The monoisotopic (exact) mass is 236 g/mol. The van der Waals surface area contributed by atoms with Crippen molar-refractivity contribution in [2.75, 3.05) is 0 Å². The molecule has 0 atom stereocenters. The maximum atomic E-state index is 5.92. The van der Waals surface area contributed by atoms with E-state index in [4.69, 9.17) is 17.3 Å². The van der Waals surface area contributed by atoms with Gasteiger partial charge >= 0.3 is 0 Å². The molecule has 1 aromatic heterocycles. The lowest BCUT2D eigenvalue weighted by Crippen LogP contribution is -1.95. The van der Waals surface area contributed by atoms with Crippen LogP contribution in [0.3, 0.4) is 0 Å². The second kappa shape index (κ2) is 4.47. The number of nitrogens with two attached hydrogens (primary N) is 1. The van der Waals surface area contributed by atoms with Crippen LogP contribution in [0.2, 0.25) is 5.02 Å². The molecule has 0 aliphatic heterocycles. The topological polar surface area (TPSA) is 38.9 Å². The molecule has 0 saturated heterocycles. The zero-order chi connectivity index (χ0) is 10.7. The summed E-state index contributed by atoms with van der Waals surface area (Å²) in [6, 6.07) is 7.42. The Morgan fingerprint density at radius 3 is 2.67 bits per heavy atom. The van der Waals surface area contributed by atoms with E-state index in [1.54, 1.807) is 17.5 Å². The number of hydrogen-bond acceptors (Lipinski definition) is 3. The van der Waals surface area contributed by atoms with Gasteiger partial charge in [0.05, 0.1) is 0 Å². The van der Waals surface area contributed by atoms with E-state index in [9.17, 15) is 0 Å². The van der Waals surface area contributed by atoms with Gasteiger partial charge < -0.3 is 5.73 Å². The predicted octanol–water partition coefficient (Wildman–Crippen LogP) is 3.25. The van der Waals surface area contributed by atoms with Crippen molar-refractivity contribution in [1.29, 1.82) is 0 Å². The van der Waals surface area contributed by atoms with Crippen LogP contribution in [-0.2, 0) is 0 Å². The first-order valence-corrected chi connectivity index (χ1v) is 5.64. The Hall–Kier alpha value is -1.32. The van der Waals surface area contributed by atoms with Gasteiger partial charge in [0.15, 0.2) is 0 Å². The zero-order valence-corrected chi connectivity index (χ0v) is 9.42. The predicted molar refractivity (Wildman–Crippen MR) is 65.6 cm³/mol. The average Bonchev–Trinajstić information content (AvgIpc) is 2.71. The summed E-state index contributed by atoms with van der Waals surface area (Å²) in [6.45, 7) is 0. The Labute approximate surface area is 97.0 Å². The Kier molecular flexibility index (Phi) is 3.04. The van der Waals surface area contributed by atoms with Crippen molar-refractivity contribution in [2.24, 2.45) is 5.73 Å². The molecule has 2 aromatic rings. The van der Waals surface area contributed by atoms with E-state index in [2.05, 4.69) is 4.98 Å². The maximum absolute atomic E-state index is 5.92. The number of thiazole rings is 1. The third-order valence-electron chi connectivity index (χ3n) is 1.91. The van der Waals surface area contributed by atoms with Crippen LogP contribution in [0.4, 0.5) is 0 Å². The van der Waals surface area contributed by atoms with E-state index in [0.29, 0.717) is 10.7 Å². The van der Waals surface area contributed by atoms with Gasteiger partial charge in [-0.3, -0.25) is 0 Å². The van der Waals surface area contributed by atoms with E-state index < -0.39 is 0 Å². The molecule has 0 amide bonds. The number of nitrogens with zero attached hydrogens (tertiary/aromatic N) is 1. The highest BCUT2D eigenvalue weighted by molar-refractivity contribution is 7.10. The summed E-state index contributed by atoms with van der Waals surface area (Å²) >= 11 is 7.34. The molecule has 2 rings (SSSR count). The van der Waals surface area contributed by atoms with E-state index in [1.165, 1.54) is 0 Å². The number of aromatic nitrogens is 1. The van der Waals surface area contributed by atoms with Crippen molar-refractivity contribution in [2.45, 2.75) is 0 Å². The fraction of sp³-hybridized carbons (Fsp3) is 0. The highest BCUT2D eigenvalue weighted by Crippen LogP contribution is 2.17. The Morgan fingerprint density at radius 1 is 1.33 bits per heavy atom. The quantitative estimate of drug-likeness (QED) is 0.869. The molecule has 0 saturated carbocycles. The van der Waals surface area contributed by atoms with Crippen LogP contribution in [0, 0.1) is 0 Å². The standard InChI is InChI=1S/C11H9ClN2S/c12-9-3-1-8(2-4-9)10(13)7-11-14-5-6-15-11/h1-7H,13H2/b10-7-. The van der Waals surface area contributed by atoms with Gasteiger partial charge in [-0.05, 0) is 23.8 Å². The summed E-state index contributed by atoms with van der Waals surface area (Å²) in [6.07, 6.45) is 3.61. The van der Waals surface area contributed by atoms with Gasteiger partial charge in [0, 0.05) is 22.3 Å². The minimum absolute atomic E-state index is 0.696. The minimum Gasteiger partial charge on any atom is -0.398 e. The average molecular weight is 237 g/mol. The fourth-order valence-electron chi connectivity index (χ4n) is 1.16. The van der Waals surface area contributed by atoms with Crippen molar-refractivity contribution in [3.63, 3.8) is 0 Å². The Bertz CT molecular complexity index is 460. The molecule has 1 heterocycles. The molecule has 0 fully saturated rings. The highest BCUT2D eigenvalue weighted by atomic mass is 35.5. The van der Waals surface area contributed by atoms with Gasteiger partial charge in [-0.2, -0.15) is 0 Å². The third-order valence-corrected chi connectivity index (χ3v) is 2.88. The third kappa shape index (κ3) is 2.58. The Morgan fingerprint density at radius 2 is 2.07 bits per heavy atom. The van der Waals surface area contributed by atoms with Crippen molar-refractivity contribution in [3.8, 4) is 0 Å². The molecule has 0 aliphatic rings. The van der Waals surface area contributed by atoms with E-state index in [0.717, 1.165) is 10.6 Å². The van der Waals surface area contributed by atoms with Gasteiger partial charge in [-0.25, -0.2) is 4.98 Å². The minimum atomic E-state index is 0.696. The molecular weight excluding hydrogens is 228 g/mol. The molecule has 15 heavy (non-hydrogen) atoms. The smallest absolute Gasteiger partial charge is 0.118 e. The molecule has 1 aromatic carbocycles. The number of rotatable bonds is 2. The Balaban J connectivity index is 2.28.